The second-order valence-corrected chi connectivity index (χ2v) is 5.13. The summed E-state index contributed by atoms with van der Waals surface area (Å²) in [5.41, 5.74) is 1.06. The molecule has 1 aliphatic heterocycles. The zero-order valence-electron chi connectivity index (χ0n) is 9.86. The summed E-state index contributed by atoms with van der Waals surface area (Å²) >= 11 is 3.41. The largest absolute Gasteiger partial charge is 0.379 e. The maximum Gasteiger partial charge on any atom is 0.151 e. The van der Waals surface area contributed by atoms with Gasteiger partial charge in [-0.15, -0.1) is 0 Å². The van der Waals surface area contributed by atoms with Gasteiger partial charge < -0.3 is 4.74 Å². The van der Waals surface area contributed by atoms with E-state index in [2.05, 4.69) is 20.8 Å². The first-order chi connectivity index (χ1) is 8.18. The van der Waals surface area contributed by atoms with Gasteiger partial charge >= 0.3 is 0 Å². The molecule has 0 radical (unpaired) electrons. The summed E-state index contributed by atoms with van der Waals surface area (Å²) < 4.78 is 6.36. The van der Waals surface area contributed by atoms with Crippen LogP contribution in [0.25, 0.3) is 0 Å². The lowest BCUT2D eigenvalue weighted by Gasteiger charge is -2.33. The molecule has 17 heavy (non-hydrogen) atoms. The van der Waals surface area contributed by atoms with E-state index in [1.165, 1.54) is 0 Å². The van der Waals surface area contributed by atoms with Gasteiger partial charge in [-0.1, -0.05) is 28.1 Å². The van der Waals surface area contributed by atoms with Crippen molar-refractivity contribution in [3.05, 3.63) is 34.3 Å². The van der Waals surface area contributed by atoms with Gasteiger partial charge in [0.1, 0.15) is 0 Å². The molecule has 1 atom stereocenters. The fourth-order valence-corrected chi connectivity index (χ4v) is 2.45. The SMILES string of the molecule is CC(=O)C(c1ccc(Br)cc1)N1CCOCC1. The van der Waals surface area contributed by atoms with Crippen molar-refractivity contribution in [2.75, 3.05) is 26.3 Å². The van der Waals surface area contributed by atoms with Gasteiger partial charge in [-0.2, -0.15) is 0 Å². The van der Waals surface area contributed by atoms with Gasteiger partial charge in [0.2, 0.25) is 0 Å². The number of nitrogens with zero attached hydrogens (tertiary/aromatic N) is 1. The average Bonchev–Trinajstić information content (AvgIpc) is 2.33. The predicted octanol–water partition coefficient (Wildman–Crippen LogP) is 2.41. The lowest BCUT2D eigenvalue weighted by atomic mass is 10.0. The summed E-state index contributed by atoms with van der Waals surface area (Å²) in [5, 5.41) is 0. The Hall–Kier alpha value is -0.710. The number of ether oxygens (including phenoxy) is 1. The third kappa shape index (κ3) is 3.15. The van der Waals surface area contributed by atoms with Crippen molar-refractivity contribution in [3.63, 3.8) is 0 Å². The third-order valence-electron chi connectivity index (χ3n) is 2.98. The maximum atomic E-state index is 11.8. The highest BCUT2D eigenvalue weighted by Crippen LogP contribution is 2.24. The van der Waals surface area contributed by atoms with Crippen LogP contribution in [0.4, 0.5) is 0 Å². The number of carbonyl (C=O) groups excluding carboxylic acids is 1. The minimum atomic E-state index is -0.132. The number of hydrogen-bond acceptors (Lipinski definition) is 3. The topological polar surface area (TPSA) is 29.5 Å². The van der Waals surface area contributed by atoms with E-state index in [0.29, 0.717) is 13.2 Å². The van der Waals surface area contributed by atoms with E-state index in [0.717, 1.165) is 23.1 Å². The van der Waals surface area contributed by atoms with Crippen molar-refractivity contribution in [2.45, 2.75) is 13.0 Å². The van der Waals surface area contributed by atoms with Crippen LogP contribution in [0.1, 0.15) is 18.5 Å². The van der Waals surface area contributed by atoms with Crippen molar-refractivity contribution in [1.29, 1.82) is 0 Å². The lowest BCUT2D eigenvalue weighted by Crippen LogP contribution is -2.41. The molecule has 4 heteroatoms. The van der Waals surface area contributed by atoms with E-state index in [4.69, 9.17) is 4.74 Å². The summed E-state index contributed by atoms with van der Waals surface area (Å²) in [6.07, 6.45) is 0. The second kappa shape index (κ2) is 5.76. The van der Waals surface area contributed by atoms with E-state index in [-0.39, 0.29) is 11.8 Å². The molecule has 1 heterocycles. The molecule has 0 bridgehead atoms. The smallest absolute Gasteiger partial charge is 0.151 e. The molecule has 1 fully saturated rings. The number of benzene rings is 1. The number of ketones is 1. The molecular weight excluding hydrogens is 282 g/mol. The number of Topliss-reactive ketones (excluding diaryl/α,β-unsaturated/α-hetero) is 1. The summed E-state index contributed by atoms with van der Waals surface area (Å²) in [4.78, 5) is 14.0. The lowest BCUT2D eigenvalue weighted by molar-refractivity contribution is -0.124. The van der Waals surface area contributed by atoms with Crippen LogP contribution in [-0.4, -0.2) is 37.0 Å². The fraction of sp³-hybridized carbons (Fsp3) is 0.462. The highest BCUT2D eigenvalue weighted by molar-refractivity contribution is 9.10. The van der Waals surface area contributed by atoms with Gasteiger partial charge in [0, 0.05) is 17.6 Å². The Morgan fingerprint density at radius 3 is 2.41 bits per heavy atom. The van der Waals surface area contributed by atoms with E-state index >= 15 is 0 Å². The zero-order valence-corrected chi connectivity index (χ0v) is 11.4. The Balaban J connectivity index is 2.21. The molecule has 1 saturated heterocycles. The molecule has 0 aromatic heterocycles. The number of hydrogen-bond donors (Lipinski definition) is 0. The molecule has 0 amide bonds. The molecule has 92 valence electrons. The van der Waals surface area contributed by atoms with E-state index in [1.54, 1.807) is 6.92 Å². The minimum absolute atomic E-state index is 0.132. The molecule has 1 aliphatic rings. The fourth-order valence-electron chi connectivity index (χ4n) is 2.18. The van der Waals surface area contributed by atoms with E-state index < -0.39 is 0 Å². The Morgan fingerprint density at radius 1 is 1.29 bits per heavy atom. The summed E-state index contributed by atoms with van der Waals surface area (Å²) in [6, 6.07) is 7.83. The van der Waals surface area contributed by atoms with Crippen LogP contribution in [0.3, 0.4) is 0 Å². The number of rotatable bonds is 3. The molecule has 1 aromatic rings. The van der Waals surface area contributed by atoms with Gasteiger partial charge in [-0.25, -0.2) is 0 Å². The summed E-state index contributed by atoms with van der Waals surface area (Å²) in [7, 11) is 0. The Bertz CT molecular complexity index is 385. The van der Waals surface area contributed by atoms with Gasteiger partial charge in [0.05, 0.1) is 19.3 Å². The van der Waals surface area contributed by atoms with Crippen LogP contribution in [0.5, 0.6) is 0 Å². The minimum Gasteiger partial charge on any atom is -0.379 e. The van der Waals surface area contributed by atoms with Crippen LogP contribution < -0.4 is 0 Å². The third-order valence-corrected chi connectivity index (χ3v) is 3.51. The number of halogens is 1. The normalized spacial score (nSPS) is 18.9. The standard InChI is InChI=1S/C13H16BrNO2/c1-10(16)13(15-6-8-17-9-7-15)11-2-4-12(14)5-3-11/h2-5,13H,6-9H2,1H3. The van der Waals surface area contributed by atoms with Crippen LogP contribution in [0.2, 0.25) is 0 Å². The number of carbonyl (C=O) groups is 1. The number of morpholine rings is 1. The first kappa shape index (κ1) is 12.7. The van der Waals surface area contributed by atoms with Crippen LogP contribution >= 0.6 is 15.9 Å². The van der Waals surface area contributed by atoms with Crippen molar-refractivity contribution in [1.82, 2.24) is 4.90 Å². The van der Waals surface area contributed by atoms with Crippen LogP contribution in [-0.2, 0) is 9.53 Å². The van der Waals surface area contributed by atoms with Gasteiger partial charge in [-0.3, -0.25) is 9.69 Å². The molecular formula is C13H16BrNO2. The van der Waals surface area contributed by atoms with Crippen LogP contribution in [0.15, 0.2) is 28.7 Å². The van der Waals surface area contributed by atoms with Gasteiger partial charge in [0.25, 0.3) is 0 Å². The molecule has 0 N–H and O–H groups in total. The van der Waals surface area contributed by atoms with E-state index in [9.17, 15) is 4.79 Å². The Labute approximate surface area is 110 Å². The molecule has 3 nitrogen and oxygen atoms in total. The highest BCUT2D eigenvalue weighted by Gasteiger charge is 2.25. The second-order valence-electron chi connectivity index (χ2n) is 4.21. The maximum absolute atomic E-state index is 11.8. The van der Waals surface area contributed by atoms with E-state index in [1.807, 2.05) is 24.3 Å². The summed E-state index contributed by atoms with van der Waals surface area (Å²) in [6.45, 7) is 4.71. The van der Waals surface area contributed by atoms with Gasteiger partial charge in [0.15, 0.2) is 5.78 Å². The van der Waals surface area contributed by atoms with Crippen molar-refractivity contribution in [2.24, 2.45) is 0 Å². The molecule has 0 saturated carbocycles. The molecule has 1 unspecified atom stereocenters. The monoisotopic (exact) mass is 297 g/mol. The van der Waals surface area contributed by atoms with Crippen LogP contribution in [0, 0.1) is 0 Å². The van der Waals surface area contributed by atoms with Crippen molar-refractivity contribution in [3.8, 4) is 0 Å². The molecule has 0 aliphatic carbocycles. The van der Waals surface area contributed by atoms with Gasteiger partial charge in [-0.05, 0) is 24.6 Å². The Morgan fingerprint density at radius 2 is 1.88 bits per heavy atom. The first-order valence-corrected chi connectivity index (χ1v) is 6.55. The Kier molecular flexibility index (Phi) is 4.31. The average molecular weight is 298 g/mol. The zero-order chi connectivity index (χ0) is 12.3. The predicted molar refractivity (Wildman–Crippen MR) is 70.0 cm³/mol. The summed E-state index contributed by atoms with van der Waals surface area (Å²) in [5.74, 6) is 0.189. The molecule has 2 rings (SSSR count). The quantitative estimate of drug-likeness (QED) is 0.858. The first-order valence-electron chi connectivity index (χ1n) is 5.76. The van der Waals surface area contributed by atoms with Crippen molar-refractivity contribution >= 4 is 21.7 Å². The van der Waals surface area contributed by atoms with Crippen molar-refractivity contribution < 1.29 is 9.53 Å². The molecule has 0 spiro atoms. The molecule has 1 aromatic carbocycles. The highest BCUT2D eigenvalue weighted by atomic mass is 79.9.